The van der Waals surface area contributed by atoms with E-state index in [-0.39, 0.29) is 32.0 Å². The first-order chi connectivity index (χ1) is 26.0. The number of unbranched alkanes of at least 4 members (excludes halogenated alkanes) is 19. The molecule has 0 saturated carbocycles. The van der Waals surface area contributed by atoms with E-state index in [1.165, 1.54) is 96.3 Å². The molecule has 0 aliphatic carbocycles. The first-order valence-electron chi connectivity index (χ1n) is 21.7. The van der Waals surface area contributed by atoms with Crippen LogP contribution < -0.4 is 0 Å². The molecule has 2 unspecified atom stereocenters. The smallest absolute Gasteiger partial charge is 0.462 e. The average Bonchev–Trinajstić information content (AvgIpc) is 3.12. The van der Waals surface area contributed by atoms with Crippen LogP contribution in [-0.4, -0.2) is 74.9 Å². The Morgan fingerprint density at radius 3 is 1.52 bits per heavy atom. The van der Waals surface area contributed by atoms with E-state index >= 15 is 0 Å². The van der Waals surface area contributed by atoms with Crippen LogP contribution in [0, 0.1) is 0 Å². The van der Waals surface area contributed by atoms with Gasteiger partial charge in [0.05, 0.1) is 27.7 Å². The molecule has 0 aromatic rings. The summed E-state index contributed by atoms with van der Waals surface area (Å²) in [5, 5.41) is 0. The van der Waals surface area contributed by atoms with E-state index < -0.39 is 26.5 Å². The fourth-order valence-electron chi connectivity index (χ4n) is 5.73. The SMILES string of the molecule is CCCCC/C=C\C/C=C\C/C=C\CCCCC(=O)OC(COC(=O)CCCCCCCCCCCCCCCCC)COP(=O)(O)OCC[N+](C)(C)C. The van der Waals surface area contributed by atoms with Gasteiger partial charge in [0.25, 0.3) is 0 Å². The zero-order chi connectivity index (χ0) is 40.0. The third-order valence-corrected chi connectivity index (χ3v) is 10.2. The predicted molar refractivity (Wildman–Crippen MR) is 224 cm³/mol. The van der Waals surface area contributed by atoms with Crippen molar-refractivity contribution in [3.05, 3.63) is 36.5 Å². The monoisotopic (exact) mass is 785 g/mol. The van der Waals surface area contributed by atoms with E-state index in [1.807, 2.05) is 21.1 Å². The van der Waals surface area contributed by atoms with Crippen molar-refractivity contribution < 1.29 is 42.1 Å². The standard InChI is InChI=1S/C44H82NO8P/c1-6-8-10-12-14-16-18-20-22-24-26-28-30-32-34-36-43(46)50-40-42(41-52-54(48,49)51-39-38-45(3,4)5)53-44(47)37-35-33-31-29-27-25-23-21-19-17-15-13-11-9-7-2/h15,17,21,23,27,29,42H,6-14,16,18-20,22,24-26,28,30-41H2,1-5H3/p+1/b17-15-,23-21-,29-27-. The van der Waals surface area contributed by atoms with Gasteiger partial charge in [-0.25, -0.2) is 4.57 Å². The Kier molecular flexibility index (Phi) is 35.6. The van der Waals surface area contributed by atoms with E-state index in [0.717, 1.165) is 51.4 Å². The molecule has 316 valence electrons. The third kappa shape index (κ3) is 39.9. The number of carbonyl (C=O) groups is 2. The van der Waals surface area contributed by atoms with Gasteiger partial charge in [-0.3, -0.25) is 18.6 Å². The number of ether oxygens (including phenoxy) is 2. The van der Waals surface area contributed by atoms with Crippen molar-refractivity contribution >= 4 is 19.8 Å². The molecule has 0 spiro atoms. The zero-order valence-corrected chi connectivity index (χ0v) is 36.3. The van der Waals surface area contributed by atoms with Crippen LogP contribution in [0.25, 0.3) is 0 Å². The maximum atomic E-state index is 12.7. The number of quaternary nitrogens is 1. The molecule has 10 heteroatoms. The number of esters is 2. The molecule has 0 bridgehead atoms. The molecule has 0 aromatic heterocycles. The Bertz CT molecular complexity index is 1020. The first kappa shape index (κ1) is 52.2. The minimum Gasteiger partial charge on any atom is -0.462 e. The first-order valence-corrected chi connectivity index (χ1v) is 23.2. The van der Waals surface area contributed by atoms with Crippen LogP contribution in [-0.2, 0) is 32.7 Å². The molecule has 0 aliphatic heterocycles. The van der Waals surface area contributed by atoms with E-state index in [0.29, 0.717) is 17.4 Å². The number of hydrogen-bond acceptors (Lipinski definition) is 7. The molecular weight excluding hydrogens is 701 g/mol. The second kappa shape index (κ2) is 36.8. The lowest BCUT2D eigenvalue weighted by Crippen LogP contribution is -2.37. The zero-order valence-electron chi connectivity index (χ0n) is 35.5. The lowest BCUT2D eigenvalue weighted by atomic mass is 10.0. The number of phosphoric acid groups is 1. The second-order valence-corrected chi connectivity index (χ2v) is 17.2. The summed E-state index contributed by atoms with van der Waals surface area (Å²) in [5.41, 5.74) is 0. The second-order valence-electron chi connectivity index (χ2n) is 15.7. The van der Waals surface area contributed by atoms with Crippen LogP contribution in [0.15, 0.2) is 36.5 Å². The van der Waals surface area contributed by atoms with Gasteiger partial charge in [-0.05, 0) is 51.4 Å². The highest BCUT2D eigenvalue weighted by Gasteiger charge is 2.27. The number of phosphoric ester groups is 1. The van der Waals surface area contributed by atoms with Crippen molar-refractivity contribution in [2.75, 3.05) is 47.5 Å². The van der Waals surface area contributed by atoms with Crippen molar-refractivity contribution in [1.29, 1.82) is 0 Å². The van der Waals surface area contributed by atoms with E-state index in [4.69, 9.17) is 18.5 Å². The Labute approximate surface area is 331 Å². The highest BCUT2D eigenvalue weighted by Crippen LogP contribution is 2.43. The topological polar surface area (TPSA) is 108 Å². The molecule has 0 saturated heterocycles. The number of allylic oxidation sites excluding steroid dienone is 6. The Balaban J connectivity index is 4.42. The van der Waals surface area contributed by atoms with Crippen LogP contribution >= 0.6 is 7.82 Å². The highest BCUT2D eigenvalue weighted by atomic mass is 31.2. The summed E-state index contributed by atoms with van der Waals surface area (Å²) in [6.07, 6.45) is 40.5. The van der Waals surface area contributed by atoms with Gasteiger partial charge in [-0.15, -0.1) is 0 Å². The summed E-state index contributed by atoms with van der Waals surface area (Å²) < 4.78 is 34.2. The largest absolute Gasteiger partial charge is 0.472 e. The molecule has 54 heavy (non-hydrogen) atoms. The molecule has 0 fully saturated rings. The molecule has 0 aliphatic rings. The molecule has 2 atom stereocenters. The van der Waals surface area contributed by atoms with Crippen LogP contribution in [0.4, 0.5) is 0 Å². The quantitative estimate of drug-likeness (QED) is 0.0216. The minimum atomic E-state index is -4.38. The van der Waals surface area contributed by atoms with Crippen LogP contribution in [0.2, 0.25) is 0 Å². The van der Waals surface area contributed by atoms with Gasteiger partial charge in [0.2, 0.25) is 0 Å². The maximum Gasteiger partial charge on any atom is 0.472 e. The van der Waals surface area contributed by atoms with Crippen LogP contribution in [0.3, 0.4) is 0 Å². The van der Waals surface area contributed by atoms with Crippen molar-refractivity contribution in [3.8, 4) is 0 Å². The van der Waals surface area contributed by atoms with E-state index in [1.54, 1.807) is 0 Å². The highest BCUT2D eigenvalue weighted by molar-refractivity contribution is 7.47. The molecule has 9 nitrogen and oxygen atoms in total. The van der Waals surface area contributed by atoms with Gasteiger partial charge >= 0.3 is 19.8 Å². The number of carbonyl (C=O) groups excluding carboxylic acids is 2. The van der Waals surface area contributed by atoms with Crippen molar-refractivity contribution in [2.24, 2.45) is 0 Å². The molecular formula is C44H83NO8P+. The van der Waals surface area contributed by atoms with Gasteiger partial charge in [-0.1, -0.05) is 153 Å². The lowest BCUT2D eigenvalue weighted by molar-refractivity contribution is -0.870. The summed E-state index contributed by atoms with van der Waals surface area (Å²) in [5.74, 6) is -0.840. The Morgan fingerprint density at radius 2 is 1.00 bits per heavy atom. The number of likely N-dealkylation sites (N-methyl/N-ethyl adjacent to an activating group) is 1. The minimum absolute atomic E-state index is 0.0250. The molecule has 0 amide bonds. The van der Waals surface area contributed by atoms with Crippen LogP contribution in [0.5, 0.6) is 0 Å². The normalized spacial score (nSPS) is 14.0. The van der Waals surface area contributed by atoms with Gasteiger partial charge in [0.15, 0.2) is 6.10 Å². The third-order valence-electron chi connectivity index (χ3n) is 9.17. The fourth-order valence-corrected chi connectivity index (χ4v) is 6.47. The van der Waals surface area contributed by atoms with Gasteiger partial charge in [0, 0.05) is 12.8 Å². The summed E-state index contributed by atoms with van der Waals surface area (Å²) in [6.45, 7) is 4.35. The predicted octanol–water partition coefficient (Wildman–Crippen LogP) is 12.1. The summed E-state index contributed by atoms with van der Waals surface area (Å²) in [4.78, 5) is 35.3. The van der Waals surface area contributed by atoms with Crippen molar-refractivity contribution in [1.82, 2.24) is 0 Å². The molecule has 0 radical (unpaired) electrons. The summed E-state index contributed by atoms with van der Waals surface area (Å²) in [6, 6.07) is 0. The summed E-state index contributed by atoms with van der Waals surface area (Å²) >= 11 is 0. The maximum absolute atomic E-state index is 12.7. The fraction of sp³-hybridized carbons (Fsp3) is 0.818. The lowest BCUT2D eigenvalue weighted by Gasteiger charge is -2.24. The van der Waals surface area contributed by atoms with Gasteiger partial charge in [-0.2, -0.15) is 0 Å². The van der Waals surface area contributed by atoms with Gasteiger partial charge in [0.1, 0.15) is 19.8 Å². The number of nitrogens with zero attached hydrogens (tertiary/aromatic N) is 1. The Hall–Kier alpha value is -1.77. The van der Waals surface area contributed by atoms with Crippen molar-refractivity contribution in [3.63, 3.8) is 0 Å². The van der Waals surface area contributed by atoms with Crippen molar-refractivity contribution in [2.45, 2.75) is 187 Å². The number of rotatable bonds is 39. The molecule has 0 heterocycles. The average molecular weight is 785 g/mol. The molecule has 0 aromatic carbocycles. The molecule has 0 rings (SSSR count). The molecule has 1 N–H and O–H groups in total. The van der Waals surface area contributed by atoms with E-state index in [9.17, 15) is 19.0 Å². The summed E-state index contributed by atoms with van der Waals surface area (Å²) in [7, 11) is 1.45. The number of hydrogen-bond donors (Lipinski definition) is 1. The van der Waals surface area contributed by atoms with E-state index in [2.05, 4.69) is 50.3 Å². The Morgan fingerprint density at radius 1 is 0.574 bits per heavy atom. The van der Waals surface area contributed by atoms with Gasteiger partial charge < -0.3 is 18.9 Å². The van der Waals surface area contributed by atoms with Crippen LogP contribution in [0.1, 0.15) is 181 Å².